The molecule has 0 bridgehead atoms. The number of nitrogens with zero attached hydrogens (tertiary/aromatic N) is 1. The molecule has 0 radical (unpaired) electrons. The fourth-order valence-corrected chi connectivity index (χ4v) is 2.78. The number of nitrogens with one attached hydrogen (secondary N) is 1. The Balaban J connectivity index is 1.86. The molecule has 0 saturated heterocycles. The predicted molar refractivity (Wildman–Crippen MR) is 90.8 cm³/mol. The van der Waals surface area contributed by atoms with E-state index in [1.807, 2.05) is 54.6 Å². The van der Waals surface area contributed by atoms with Crippen LogP contribution in [0.1, 0.15) is 0 Å². The normalized spacial score (nSPS) is 12.7. The number of hydrogen-bond acceptors (Lipinski definition) is 3. The number of nitrogens with two attached hydrogens (primary N) is 1. The molecular weight excluding hydrogens is 298 g/mol. The quantitative estimate of drug-likeness (QED) is 0.633. The molecule has 2 rings (SSSR count). The SMILES string of the molecule is COc1cccc(NC(N)=NCCS(=O)c2ccccc2)c1. The summed E-state index contributed by atoms with van der Waals surface area (Å²) in [4.78, 5) is 4.99. The number of guanidine groups is 1. The molecule has 0 amide bonds. The molecule has 0 spiro atoms. The van der Waals surface area contributed by atoms with Crippen LogP contribution in [-0.4, -0.2) is 29.6 Å². The van der Waals surface area contributed by atoms with Gasteiger partial charge in [-0.15, -0.1) is 0 Å². The lowest BCUT2D eigenvalue weighted by atomic mass is 10.3. The van der Waals surface area contributed by atoms with Gasteiger partial charge in [0, 0.05) is 22.4 Å². The molecule has 22 heavy (non-hydrogen) atoms. The first kappa shape index (κ1) is 16.0. The number of anilines is 1. The van der Waals surface area contributed by atoms with Gasteiger partial charge in [0.05, 0.1) is 24.5 Å². The zero-order valence-electron chi connectivity index (χ0n) is 12.4. The smallest absolute Gasteiger partial charge is 0.193 e. The maximum Gasteiger partial charge on any atom is 0.193 e. The third-order valence-corrected chi connectivity index (χ3v) is 4.26. The van der Waals surface area contributed by atoms with Crippen LogP contribution in [0.4, 0.5) is 5.69 Å². The lowest BCUT2D eigenvalue weighted by Crippen LogP contribution is -2.23. The molecule has 5 nitrogen and oxygen atoms in total. The standard InChI is InChI=1S/C16H19N3O2S/c1-21-14-7-5-6-13(12-14)19-16(17)18-10-11-22(20)15-8-3-2-4-9-15/h2-9,12H,10-11H2,1H3,(H3,17,18,19). The molecule has 0 aliphatic carbocycles. The zero-order chi connectivity index (χ0) is 15.8. The maximum atomic E-state index is 12.0. The van der Waals surface area contributed by atoms with Crippen molar-refractivity contribution in [2.45, 2.75) is 4.90 Å². The maximum absolute atomic E-state index is 12.0. The van der Waals surface area contributed by atoms with Crippen LogP contribution in [0.15, 0.2) is 64.5 Å². The number of methoxy groups -OCH3 is 1. The summed E-state index contributed by atoms with van der Waals surface area (Å²) in [7, 11) is 0.545. The molecule has 2 aromatic rings. The summed E-state index contributed by atoms with van der Waals surface area (Å²) in [5.74, 6) is 1.46. The van der Waals surface area contributed by atoms with Crippen LogP contribution in [0.3, 0.4) is 0 Å². The number of ether oxygens (including phenoxy) is 1. The third kappa shape index (κ3) is 4.89. The molecule has 0 heterocycles. The molecule has 0 saturated carbocycles. The van der Waals surface area contributed by atoms with E-state index in [1.54, 1.807) is 7.11 Å². The van der Waals surface area contributed by atoms with Crippen molar-refractivity contribution in [1.29, 1.82) is 0 Å². The van der Waals surface area contributed by atoms with Crippen molar-refractivity contribution in [3.63, 3.8) is 0 Å². The summed E-state index contributed by atoms with van der Waals surface area (Å²) < 4.78 is 17.2. The van der Waals surface area contributed by atoms with E-state index in [0.717, 1.165) is 16.3 Å². The minimum atomic E-state index is -1.06. The number of aliphatic imine (C=N–C) groups is 1. The lowest BCUT2D eigenvalue weighted by Gasteiger charge is -2.07. The van der Waals surface area contributed by atoms with Gasteiger partial charge in [0.2, 0.25) is 0 Å². The highest BCUT2D eigenvalue weighted by atomic mass is 32.2. The van der Waals surface area contributed by atoms with Crippen molar-refractivity contribution in [3.8, 4) is 5.75 Å². The molecule has 0 fully saturated rings. The van der Waals surface area contributed by atoms with Gasteiger partial charge in [0.1, 0.15) is 5.75 Å². The van der Waals surface area contributed by atoms with Crippen molar-refractivity contribution in [2.24, 2.45) is 10.7 Å². The van der Waals surface area contributed by atoms with Crippen LogP contribution in [0.5, 0.6) is 5.75 Å². The van der Waals surface area contributed by atoms with Crippen molar-refractivity contribution >= 4 is 22.4 Å². The van der Waals surface area contributed by atoms with Gasteiger partial charge < -0.3 is 15.8 Å². The molecule has 3 N–H and O–H groups in total. The van der Waals surface area contributed by atoms with Crippen molar-refractivity contribution in [1.82, 2.24) is 0 Å². The summed E-state index contributed by atoms with van der Waals surface area (Å²) in [5.41, 5.74) is 6.62. The van der Waals surface area contributed by atoms with Gasteiger partial charge in [-0.25, -0.2) is 0 Å². The fraction of sp³-hybridized carbons (Fsp3) is 0.188. The van der Waals surface area contributed by atoms with E-state index < -0.39 is 10.8 Å². The van der Waals surface area contributed by atoms with Gasteiger partial charge in [0.15, 0.2) is 5.96 Å². The summed E-state index contributed by atoms with van der Waals surface area (Å²) in [6.07, 6.45) is 0. The van der Waals surface area contributed by atoms with Gasteiger partial charge >= 0.3 is 0 Å². The first-order valence-corrected chi connectivity index (χ1v) is 8.15. The summed E-state index contributed by atoms with van der Waals surface area (Å²) in [6, 6.07) is 16.7. The van der Waals surface area contributed by atoms with E-state index in [9.17, 15) is 4.21 Å². The Morgan fingerprint density at radius 3 is 2.73 bits per heavy atom. The average molecular weight is 317 g/mol. The largest absolute Gasteiger partial charge is 0.497 e. The Bertz CT molecular complexity index is 659. The second-order valence-electron chi connectivity index (χ2n) is 4.49. The van der Waals surface area contributed by atoms with Crippen molar-refractivity contribution < 1.29 is 8.95 Å². The summed E-state index contributed by atoms with van der Waals surface area (Å²) >= 11 is 0. The van der Waals surface area contributed by atoms with Crippen LogP contribution < -0.4 is 15.8 Å². The number of benzene rings is 2. The molecule has 0 aliphatic heterocycles. The van der Waals surface area contributed by atoms with Crippen LogP contribution in [0, 0.1) is 0 Å². The number of rotatable bonds is 6. The van der Waals surface area contributed by atoms with E-state index in [1.165, 1.54) is 0 Å². The Morgan fingerprint density at radius 2 is 2.00 bits per heavy atom. The van der Waals surface area contributed by atoms with E-state index in [4.69, 9.17) is 10.5 Å². The molecule has 0 aromatic heterocycles. The molecule has 116 valence electrons. The Kier molecular flexibility index (Phi) is 5.97. The number of hydrogen-bond donors (Lipinski definition) is 2. The first-order chi connectivity index (χ1) is 10.7. The Hall–Kier alpha value is -2.34. The molecular formula is C16H19N3O2S. The van der Waals surface area contributed by atoms with Gasteiger partial charge in [-0.05, 0) is 24.3 Å². The van der Waals surface area contributed by atoms with Gasteiger partial charge in [-0.2, -0.15) is 0 Å². The van der Waals surface area contributed by atoms with Gasteiger partial charge in [0.25, 0.3) is 0 Å². The first-order valence-electron chi connectivity index (χ1n) is 6.83. The second-order valence-corrected chi connectivity index (χ2v) is 6.06. The molecule has 1 unspecified atom stereocenters. The fourth-order valence-electron chi connectivity index (χ4n) is 1.83. The predicted octanol–water partition coefficient (Wildman–Crippen LogP) is 2.23. The zero-order valence-corrected chi connectivity index (χ0v) is 13.2. The van der Waals surface area contributed by atoms with Crippen LogP contribution in [0.25, 0.3) is 0 Å². The average Bonchev–Trinajstić information content (AvgIpc) is 2.55. The van der Waals surface area contributed by atoms with Crippen LogP contribution in [-0.2, 0) is 10.8 Å². The Labute approximate surface area is 132 Å². The minimum Gasteiger partial charge on any atom is -0.497 e. The topological polar surface area (TPSA) is 76.7 Å². The minimum absolute atomic E-state index is 0.290. The van der Waals surface area contributed by atoms with E-state index >= 15 is 0 Å². The third-order valence-electron chi connectivity index (χ3n) is 2.91. The highest BCUT2D eigenvalue weighted by Crippen LogP contribution is 2.16. The highest BCUT2D eigenvalue weighted by molar-refractivity contribution is 7.85. The van der Waals surface area contributed by atoms with Gasteiger partial charge in [-0.3, -0.25) is 9.20 Å². The molecule has 2 aromatic carbocycles. The van der Waals surface area contributed by atoms with E-state index in [2.05, 4.69) is 10.3 Å². The van der Waals surface area contributed by atoms with Crippen molar-refractivity contribution in [2.75, 3.05) is 24.7 Å². The second kappa shape index (κ2) is 8.19. The Morgan fingerprint density at radius 1 is 1.23 bits per heavy atom. The van der Waals surface area contributed by atoms with Crippen LogP contribution >= 0.6 is 0 Å². The molecule has 6 heteroatoms. The highest BCUT2D eigenvalue weighted by Gasteiger charge is 2.02. The monoisotopic (exact) mass is 317 g/mol. The lowest BCUT2D eigenvalue weighted by molar-refractivity contribution is 0.415. The van der Waals surface area contributed by atoms with Gasteiger partial charge in [-0.1, -0.05) is 24.3 Å². The summed E-state index contributed by atoms with van der Waals surface area (Å²) in [5, 5.41) is 2.98. The molecule has 0 aliphatic rings. The van der Waals surface area contributed by atoms with E-state index in [-0.39, 0.29) is 0 Å². The summed E-state index contributed by atoms with van der Waals surface area (Å²) in [6.45, 7) is 0.393. The van der Waals surface area contributed by atoms with Crippen LogP contribution in [0.2, 0.25) is 0 Å². The van der Waals surface area contributed by atoms with Crippen molar-refractivity contribution in [3.05, 3.63) is 54.6 Å². The molecule has 1 atom stereocenters. The van der Waals surface area contributed by atoms with E-state index in [0.29, 0.717) is 18.3 Å².